The Hall–Kier alpha value is -1.09. The molecule has 4 nitrogen and oxygen atoms in total. The van der Waals surface area contributed by atoms with Gasteiger partial charge in [0.2, 0.25) is 0 Å². The van der Waals surface area contributed by atoms with Crippen molar-refractivity contribution in [1.82, 2.24) is 0 Å². The van der Waals surface area contributed by atoms with Gasteiger partial charge in [0.15, 0.2) is 0 Å². The summed E-state index contributed by atoms with van der Waals surface area (Å²) in [4.78, 5) is 0. The number of hydrogen-bond donors (Lipinski definition) is 3. The molecule has 0 fully saturated rings. The van der Waals surface area contributed by atoms with Gasteiger partial charge in [0.1, 0.15) is 11.8 Å². The van der Waals surface area contributed by atoms with Crippen molar-refractivity contribution in [2.24, 2.45) is 11.5 Å². The molecule has 0 saturated heterocycles. The fourth-order valence-corrected chi connectivity index (χ4v) is 1.96. The van der Waals surface area contributed by atoms with Gasteiger partial charge in [0, 0.05) is 16.1 Å². The summed E-state index contributed by atoms with van der Waals surface area (Å²) in [7, 11) is 0. The van der Waals surface area contributed by atoms with Crippen LogP contribution < -0.4 is 11.5 Å². The van der Waals surface area contributed by atoms with Crippen molar-refractivity contribution in [2.45, 2.75) is 12.5 Å². The zero-order valence-corrected chi connectivity index (χ0v) is 9.66. The predicted octanol–water partition coefficient (Wildman–Crippen LogP) is 1.37. The number of nitriles is 1. The number of phenolic OH excluding ortho intramolecular Hbond substituents is 1. The first-order chi connectivity index (χ1) is 7.11. The molecule has 1 aromatic rings. The third-order valence-corrected chi connectivity index (χ3v) is 2.82. The summed E-state index contributed by atoms with van der Waals surface area (Å²) < 4.78 is 0.694. The maximum atomic E-state index is 9.79. The zero-order valence-electron chi connectivity index (χ0n) is 8.07. The molecule has 0 unspecified atom stereocenters. The minimum atomic E-state index is -0.363. The maximum Gasteiger partial charge on any atom is 0.139 e. The van der Waals surface area contributed by atoms with Gasteiger partial charge >= 0.3 is 0 Å². The number of halogens is 1. The highest BCUT2D eigenvalue weighted by atomic mass is 79.9. The number of benzene rings is 1. The van der Waals surface area contributed by atoms with Gasteiger partial charge in [-0.1, -0.05) is 15.9 Å². The molecule has 1 aromatic carbocycles. The summed E-state index contributed by atoms with van der Waals surface area (Å²) in [5.74, 6) is -0.0622. The van der Waals surface area contributed by atoms with Gasteiger partial charge in [-0.2, -0.15) is 5.26 Å². The van der Waals surface area contributed by atoms with Crippen LogP contribution in [0.4, 0.5) is 0 Å². The van der Waals surface area contributed by atoms with E-state index in [2.05, 4.69) is 15.9 Å². The topological polar surface area (TPSA) is 96.1 Å². The summed E-state index contributed by atoms with van der Waals surface area (Å²) in [6, 6.07) is 4.78. The van der Waals surface area contributed by atoms with Crippen molar-refractivity contribution in [1.29, 1.82) is 5.26 Å². The largest absolute Gasteiger partial charge is 0.506 e. The fourth-order valence-electron chi connectivity index (χ4n) is 1.35. The van der Waals surface area contributed by atoms with Crippen molar-refractivity contribution < 1.29 is 5.11 Å². The van der Waals surface area contributed by atoms with E-state index in [0.29, 0.717) is 23.0 Å². The number of nitrogens with zero attached hydrogens (tertiary/aromatic N) is 1. The number of nitrogens with two attached hydrogens (primary N) is 2. The third-order valence-electron chi connectivity index (χ3n) is 2.13. The van der Waals surface area contributed by atoms with E-state index in [9.17, 15) is 5.11 Å². The molecule has 0 heterocycles. The smallest absolute Gasteiger partial charge is 0.139 e. The highest BCUT2D eigenvalue weighted by Gasteiger charge is 2.16. The van der Waals surface area contributed by atoms with E-state index in [0.717, 1.165) is 0 Å². The standard InChI is InChI=1S/C10H12BrN3O/c11-7-2-1-6(5-13)10(15)9(7)8(14)3-4-12/h1-2,8,15H,3-4,12,14H2/t8-/m1/s1. The summed E-state index contributed by atoms with van der Waals surface area (Å²) in [5.41, 5.74) is 12.0. The van der Waals surface area contributed by atoms with Crippen LogP contribution in [0.5, 0.6) is 5.75 Å². The first kappa shape index (κ1) is 12.0. The molecule has 0 aliphatic heterocycles. The second-order valence-electron chi connectivity index (χ2n) is 3.15. The fraction of sp³-hybridized carbons (Fsp3) is 0.300. The van der Waals surface area contributed by atoms with E-state index in [1.807, 2.05) is 6.07 Å². The second kappa shape index (κ2) is 5.12. The molecule has 5 N–H and O–H groups in total. The molecule has 0 aliphatic carbocycles. The lowest BCUT2D eigenvalue weighted by Crippen LogP contribution is -2.16. The van der Waals surface area contributed by atoms with Crippen LogP contribution in [-0.4, -0.2) is 11.7 Å². The molecule has 80 valence electrons. The van der Waals surface area contributed by atoms with Crippen LogP contribution in [0.1, 0.15) is 23.6 Å². The van der Waals surface area contributed by atoms with Gasteiger partial charge in [-0.05, 0) is 25.1 Å². The zero-order chi connectivity index (χ0) is 11.4. The van der Waals surface area contributed by atoms with Crippen LogP contribution in [0.25, 0.3) is 0 Å². The lowest BCUT2D eigenvalue weighted by atomic mass is 10.0. The lowest BCUT2D eigenvalue weighted by Gasteiger charge is -2.15. The van der Waals surface area contributed by atoms with E-state index in [-0.39, 0.29) is 17.4 Å². The number of aromatic hydroxyl groups is 1. The summed E-state index contributed by atoms with van der Waals surface area (Å²) >= 11 is 3.29. The Kier molecular flexibility index (Phi) is 4.09. The van der Waals surface area contributed by atoms with E-state index < -0.39 is 0 Å². The molecule has 0 bridgehead atoms. The van der Waals surface area contributed by atoms with Crippen molar-refractivity contribution in [3.05, 3.63) is 27.7 Å². The van der Waals surface area contributed by atoms with Crippen LogP contribution in [0, 0.1) is 11.3 Å². The molecule has 1 rings (SSSR count). The molecule has 0 spiro atoms. The van der Waals surface area contributed by atoms with Crippen LogP contribution >= 0.6 is 15.9 Å². The summed E-state index contributed by atoms with van der Waals surface area (Å²) in [6.07, 6.45) is 0.557. The average Bonchev–Trinajstić information content (AvgIpc) is 2.18. The van der Waals surface area contributed by atoms with Crippen LogP contribution in [-0.2, 0) is 0 Å². The first-order valence-corrected chi connectivity index (χ1v) is 5.28. The van der Waals surface area contributed by atoms with Gasteiger partial charge in [-0.15, -0.1) is 0 Å². The molecule has 0 aliphatic rings. The Balaban J connectivity index is 3.21. The van der Waals surface area contributed by atoms with E-state index in [4.69, 9.17) is 16.7 Å². The predicted molar refractivity (Wildman–Crippen MR) is 61.1 cm³/mol. The number of phenols is 1. The average molecular weight is 270 g/mol. The highest BCUT2D eigenvalue weighted by molar-refractivity contribution is 9.10. The van der Waals surface area contributed by atoms with E-state index in [1.54, 1.807) is 6.07 Å². The molecular formula is C10H12BrN3O. The maximum absolute atomic E-state index is 9.79. The number of rotatable bonds is 3. The molecule has 15 heavy (non-hydrogen) atoms. The summed E-state index contributed by atoms with van der Waals surface area (Å²) in [6.45, 7) is 0.434. The molecular weight excluding hydrogens is 258 g/mol. The van der Waals surface area contributed by atoms with Gasteiger partial charge < -0.3 is 16.6 Å². The molecule has 1 atom stereocenters. The van der Waals surface area contributed by atoms with Crippen molar-refractivity contribution in [3.63, 3.8) is 0 Å². The summed E-state index contributed by atoms with van der Waals surface area (Å²) in [5, 5.41) is 18.5. The first-order valence-electron chi connectivity index (χ1n) is 4.49. The van der Waals surface area contributed by atoms with Crippen LogP contribution in [0.3, 0.4) is 0 Å². The quantitative estimate of drug-likeness (QED) is 0.772. The van der Waals surface area contributed by atoms with E-state index >= 15 is 0 Å². The lowest BCUT2D eigenvalue weighted by molar-refractivity contribution is 0.456. The normalized spacial score (nSPS) is 12.1. The van der Waals surface area contributed by atoms with Gasteiger partial charge in [-0.3, -0.25) is 0 Å². The number of hydrogen-bond acceptors (Lipinski definition) is 4. The highest BCUT2D eigenvalue weighted by Crippen LogP contribution is 2.34. The Morgan fingerprint density at radius 3 is 2.73 bits per heavy atom. The van der Waals surface area contributed by atoms with Gasteiger partial charge in [-0.25, -0.2) is 0 Å². The van der Waals surface area contributed by atoms with E-state index in [1.165, 1.54) is 6.07 Å². The Morgan fingerprint density at radius 1 is 1.53 bits per heavy atom. The van der Waals surface area contributed by atoms with Gasteiger partial charge in [0.05, 0.1) is 5.56 Å². The van der Waals surface area contributed by atoms with Crippen LogP contribution in [0.2, 0.25) is 0 Å². The molecule has 0 radical (unpaired) electrons. The molecule has 0 aromatic heterocycles. The minimum Gasteiger partial charge on any atom is -0.506 e. The SMILES string of the molecule is N#Cc1ccc(Br)c([C@H](N)CCN)c1O. The minimum absolute atomic E-state index is 0.0622. The van der Waals surface area contributed by atoms with Crippen molar-refractivity contribution in [2.75, 3.05) is 6.54 Å². The molecule has 5 heteroatoms. The molecule has 0 saturated carbocycles. The third kappa shape index (κ3) is 2.48. The second-order valence-corrected chi connectivity index (χ2v) is 4.01. The monoisotopic (exact) mass is 269 g/mol. The van der Waals surface area contributed by atoms with Gasteiger partial charge in [0.25, 0.3) is 0 Å². The molecule has 0 amide bonds. The van der Waals surface area contributed by atoms with Crippen LogP contribution in [0.15, 0.2) is 16.6 Å². The Labute approximate surface area is 96.6 Å². The Morgan fingerprint density at radius 2 is 2.20 bits per heavy atom. The van der Waals surface area contributed by atoms with Crippen molar-refractivity contribution >= 4 is 15.9 Å². The Bertz CT molecular complexity index is 400. The van der Waals surface area contributed by atoms with Crippen molar-refractivity contribution in [3.8, 4) is 11.8 Å².